The van der Waals surface area contributed by atoms with Gasteiger partial charge in [0.15, 0.2) is 0 Å². The van der Waals surface area contributed by atoms with Crippen LogP contribution in [0.3, 0.4) is 0 Å². The fraction of sp³-hybridized carbons (Fsp3) is 0.444. The Bertz CT molecular complexity index is 394. The van der Waals surface area contributed by atoms with Crippen molar-refractivity contribution in [3.8, 4) is 0 Å². The van der Waals surface area contributed by atoms with Crippen LogP contribution in [0.2, 0.25) is 0 Å². The monoisotopic (exact) mass is 254 g/mol. The largest absolute Gasteiger partial charge is 0.367 e. The Morgan fingerprint density at radius 1 is 1.50 bits per heavy atom. The molecule has 2 unspecified atom stereocenters. The Morgan fingerprint density at radius 2 is 2.21 bits per heavy atom. The van der Waals surface area contributed by atoms with Crippen molar-refractivity contribution in [1.82, 2.24) is 0 Å². The minimum atomic E-state index is -0.358. The third kappa shape index (κ3) is 1.32. The third-order valence-electron chi connectivity index (χ3n) is 2.70. The predicted molar refractivity (Wildman–Crippen MR) is 59.1 cm³/mol. The average molecular weight is 255 g/mol. The van der Waals surface area contributed by atoms with Crippen LogP contribution in [0, 0.1) is 5.92 Å². The average Bonchev–Trinajstić information content (AvgIpc) is 2.08. The molecule has 0 radical (unpaired) electrons. The molecule has 5 heteroatoms. The van der Waals surface area contributed by atoms with Gasteiger partial charge in [-0.1, -0.05) is 28.9 Å². The van der Waals surface area contributed by atoms with Crippen LogP contribution in [-0.2, 0) is 0 Å². The lowest BCUT2D eigenvalue weighted by Crippen LogP contribution is -2.37. The number of azo groups is 1. The molecule has 0 bridgehead atoms. The molecule has 0 saturated heterocycles. The number of fused-ring (bicyclic) bond motifs is 1. The van der Waals surface area contributed by atoms with E-state index in [1.807, 2.05) is 13.0 Å². The molecule has 2 aliphatic rings. The molecule has 74 valence electrons. The molecule has 4 nitrogen and oxygen atoms in total. The molecule has 0 saturated carbocycles. The summed E-state index contributed by atoms with van der Waals surface area (Å²) in [6, 6.07) is 0. The first-order valence-corrected chi connectivity index (χ1v) is 5.18. The van der Waals surface area contributed by atoms with Gasteiger partial charge in [-0.3, -0.25) is 0 Å². The Kier molecular flexibility index (Phi) is 2.06. The van der Waals surface area contributed by atoms with Gasteiger partial charge in [0.1, 0.15) is 5.54 Å². The van der Waals surface area contributed by atoms with E-state index in [1.165, 1.54) is 0 Å². The number of guanidine groups is 1. The zero-order valence-corrected chi connectivity index (χ0v) is 9.62. The number of hydrogen-bond donors (Lipinski definition) is 1. The van der Waals surface area contributed by atoms with Crippen LogP contribution in [-0.4, -0.2) is 11.5 Å². The summed E-state index contributed by atoms with van der Waals surface area (Å²) in [6.07, 6.45) is 4.03. The van der Waals surface area contributed by atoms with E-state index < -0.39 is 0 Å². The van der Waals surface area contributed by atoms with Crippen molar-refractivity contribution in [2.45, 2.75) is 19.4 Å². The summed E-state index contributed by atoms with van der Waals surface area (Å²) in [4.78, 5) is 4.35. The Labute approximate surface area is 90.8 Å². The van der Waals surface area contributed by atoms with Gasteiger partial charge < -0.3 is 5.73 Å². The standard InChI is InChI=1S/C9H11BrN4/c1-5-3-6(10)4-7-9(5,2)12-8(11)14-13-7/h3-5H,1-2H3,(H2,11,12). The zero-order chi connectivity index (χ0) is 10.3. The minimum Gasteiger partial charge on any atom is -0.367 e. The lowest BCUT2D eigenvalue weighted by molar-refractivity contribution is 0.418. The van der Waals surface area contributed by atoms with Gasteiger partial charge in [-0.2, -0.15) is 0 Å². The summed E-state index contributed by atoms with van der Waals surface area (Å²) in [5.41, 5.74) is 6.05. The van der Waals surface area contributed by atoms with E-state index in [1.54, 1.807) is 0 Å². The molecule has 0 aromatic rings. The highest BCUT2D eigenvalue weighted by Crippen LogP contribution is 2.39. The van der Waals surface area contributed by atoms with Gasteiger partial charge in [0, 0.05) is 10.4 Å². The topological polar surface area (TPSA) is 63.1 Å². The Morgan fingerprint density at radius 3 is 2.93 bits per heavy atom. The van der Waals surface area contributed by atoms with Gasteiger partial charge in [0.05, 0.1) is 5.70 Å². The van der Waals surface area contributed by atoms with Crippen molar-refractivity contribution in [3.05, 3.63) is 22.3 Å². The Hall–Kier alpha value is -0.970. The molecule has 2 rings (SSSR count). The third-order valence-corrected chi connectivity index (χ3v) is 3.19. The molecule has 2 N–H and O–H groups in total. The fourth-order valence-electron chi connectivity index (χ4n) is 1.61. The molecular weight excluding hydrogens is 244 g/mol. The second-order valence-corrected chi connectivity index (χ2v) is 4.60. The van der Waals surface area contributed by atoms with Crippen LogP contribution in [0.1, 0.15) is 13.8 Å². The van der Waals surface area contributed by atoms with E-state index in [2.05, 4.69) is 44.2 Å². The van der Waals surface area contributed by atoms with Crippen LogP contribution < -0.4 is 5.73 Å². The Balaban J connectivity index is 2.52. The SMILES string of the molecule is CC1C=C(Br)C=C2N=NC(N)=NC21C. The summed E-state index contributed by atoms with van der Waals surface area (Å²) < 4.78 is 1.02. The highest BCUT2D eigenvalue weighted by Gasteiger charge is 2.38. The van der Waals surface area contributed by atoms with Gasteiger partial charge in [-0.15, -0.1) is 10.2 Å². The first-order valence-electron chi connectivity index (χ1n) is 4.39. The van der Waals surface area contributed by atoms with Gasteiger partial charge >= 0.3 is 0 Å². The predicted octanol–water partition coefficient (Wildman–Crippen LogP) is 2.34. The number of nitrogens with zero attached hydrogens (tertiary/aromatic N) is 3. The molecule has 1 aliphatic heterocycles. The van der Waals surface area contributed by atoms with Gasteiger partial charge in [-0.05, 0) is 13.0 Å². The number of nitrogens with two attached hydrogens (primary N) is 1. The second kappa shape index (κ2) is 3.02. The van der Waals surface area contributed by atoms with Crippen LogP contribution in [0.5, 0.6) is 0 Å². The first-order chi connectivity index (χ1) is 6.52. The molecule has 1 aliphatic carbocycles. The van der Waals surface area contributed by atoms with E-state index in [4.69, 9.17) is 5.73 Å². The summed E-state index contributed by atoms with van der Waals surface area (Å²) >= 11 is 3.43. The molecule has 14 heavy (non-hydrogen) atoms. The van der Waals surface area contributed by atoms with Gasteiger partial charge in [0.25, 0.3) is 0 Å². The quantitative estimate of drug-likeness (QED) is 0.709. The highest BCUT2D eigenvalue weighted by atomic mass is 79.9. The minimum absolute atomic E-state index is 0.253. The van der Waals surface area contributed by atoms with Crippen molar-refractivity contribution in [2.75, 3.05) is 0 Å². The number of allylic oxidation sites excluding steroid dienone is 2. The van der Waals surface area contributed by atoms with Crippen LogP contribution >= 0.6 is 15.9 Å². The lowest BCUT2D eigenvalue weighted by atomic mass is 9.81. The van der Waals surface area contributed by atoms with Crippen LogP contribution in [0.4, 0.5) is 0 Å². The van der Waals surface area contributed by atoms with E-state index >= 15 is 0 Å². The van der Waals surface area contributed by atoms with E-state index in [9.17, 15) is 0 Å². The molecule has 1 heterocycles. The normalized spacial score (nSPS) is 35.6. The fourth-order valence-corrected chi connectivity index (χ4v) is 2.23. The van der Waals surface area contributed by atoms with Crippen molar-refractivity contribution in [1.29, 1.82) is 0 Å². The lowest BCUT2D eigenvalue weighted by Gasteiger charge is -2.34. The number of aliphatic imine (C=N–C) groups is 1. The van der Waals surface area contributed by atoms with Crippen LogP contribution in [0.15, 0.2) is 37.6 Å². The van der Waals surface area contributed by atoms with Crippen molar-refractivity contribution in [3.63, 3.8) is 0 Å². The van der Waals surface area contributed by atoms with Gasteiger partial charge in [0.2, 0.25) is 5.96 Å². The van der Waals surface area contributed by atoms with E-state index in [-0.39, 0.29) is 17.4 Å². The van der Waals surface area contributed by atoms with Crippen LogP contribution in [0.25, 0.3) is 0 Å². The molecule has 0 aromatic carbocycles. The molecule has 2 atom stereocenters. The molecule has 0 aromatic heterocycles. The first kappa shape index (κ1) is 9.58. The molecular formula is C9H11BrN4. The van der Waals surface area contributed by atoms with Crippen molar-refractivity contribution < 1.29 is 0 Å². The maximum Gasteiger partial charge on any atom is 0.236 e. The van der Waals surface area contributed by atoms with Crippen molar-refractivity contribution >= 4 is 21.9 Å². The summed E-state index contributed by atoms with van der Waals surface area (Å²) in [6.45, 7) is 4.11. The maximum atomic E-state index is 5.55. The number of halogens is 1. The molecule has 0 amide bonds. The molecule has 0 spiro atoms. The van der Waals surface area contributed by atoms with E-state index in [0.29, 0.717) is 0 Å². The summed E-state index contributed by atoms with van der Waals surface area (Å²) in [5, 5.41) is 7.83. The highest BCUT2D eigenvalue weighted by molar-refractivity contribution is 9.11. The smallest absolute Gasteiger partial charge is 0.236 e. The number of hydrogen-bond acceptors (Lipinski definition) is 4. The van der Waals surface area contributed by atoms with E-state index in [0.717, 1.165) is 10.2 Å². The van der Waals surface area contributed by atoms with Gasteiger partial charge in [-0.25, -0.2) is 4.99 Å². The van der Waals surface area contributed by atoms with Crippen molar-refractivity contribution in [2.24, 2.45) is 26.9 Å². The summed E-state index contributed by atoms with van der Waals surface area (Å²) in [7, 11) is 0. The second-order valence-electron chi connectivity index (χ2n) is 3.69. The maximum absolute atomic E-state index is 5.55. The molecule has 0 fully saturated rings. The zero-order valence-electron chi connectivity index (χ0n) is 8.03. The summed E-state index contributed by atoms with van der Waals surface area (Å²) in [5.74, 6) is 0.512. The number of rotatable bonds is 0.